The van der Waals surface area contributed by atoms with Crippen LogP contribution in [0.3, 0.4) is 0 Å². The van der Waals surface area contributed by atoms with Crippen LogP contribution in [0.5, 0.6) is 11.5 Å². The summed E-state index contributed by atoms with van der Waals surface area (Å²) in [6.07, 6.45) is 5.87. The van der Waals surface area contributed by atoms with Crippen molar-refractivity contribution in [2.45, 2.75) is 43.9 Å². The molecule has 1 aliphatic heterocycles. The zero-order valence-corrected chi connectivity index (χ0v) is 18.1. The Morgan fingerprint density at radius 3 is 2.74 bits per heavy atom. The van der Waals surface area contributed by atoms with Crippen molar-refractivity contribution in [2.24, 2.45) is 5.92 Å². The van der Waals surface area contributed by atoms with E-state index in [9.17, 15) is 9.18 Å². The number of anilines is 1. The van der Waals surface area contributed by atoms with Gasteiger partial charge in [0.1, 0.15) is 17.3 Å². The lowest BCUT2D eigenvalue weighted by Crippen LogP contribution is -2.33. The highest BCUT2D eigenvalue weighted by atomic mass is 19.1. The summed E-state index contributed by atoms with van der Waals surface area (Å²) in [5.74, 6) is 2.50. The van der Waals surface area contributed by atoms with Crippen LogP contribution >= 0.6 is 0 Å². The van der Waals surface area contributed by atoms with Crippen LogP contribution < -0.4 is 14.8 Å². The molecule has 0 bridgehead atoms. The number of nitrogens with one attached hydrogen (secondary N) is 2. The van der Waals surface area contributed by atoms with Gasteiger partial charge in [0.15, 0.2) is 5.82 Å². The second-order valence-corrected chi connectivity index (χ2v) is 8.34. The normalized spacial score (nSPS) is 21.8. The molecule has 2 atom stereocenters. The summed E-state index contributed by atoms with van der Waals surface area (Å²) in [4.78, 5) is 19.3. The molecule has 4 rings (SSSR count). The molecule has 1 aliphatic carbocycles. The van der Waals surface area contributed by atoms with Crippen LogP contribution in [0, 0.1) is 5.92 Å². The number of aromatic nitrogens is 3. The van der Waals surface area contributed by atoms with E-state index >= 15 is 0 Å². The summed E-state index contributed by atoms with van der Waals surface area (Å²) >= 11 is 0. The van der Waals surface area contributed by atoms with Crippen molar-refractivity contribution in [2.75, 3.05) is 39.3 Å². The molecule has 8 nitrogen and oxygen atoms in total. The molecule has 0 unspecified atom stereocenters. The van der Waals surface area contributed by atoms with E-state index in [2.05, 4.69) is 15.5 Å². The van der Waals surface area contributed by atoms with Gasteiger partial charge in [-0.25, -0.2) is 9.78 Å². The van der Waals surface area contributed by atoms with E-state index in [1.807, 2.05) is 0 Å². The molecule has 0 spiro atoms. The van der Waals surface area contributed by atoms with Crippen LogP contribution in [0.4, 0.5) is 14.9 Å². The van der Waals surface area contributed by atoms with Gasteiger partial charge in [0, 0.05) is 36.9 Å². The first-order valence-electron chi connectivity index (χ1n) is 10.9. The van der Waals surface area contributed by atoms with Crippen LogP contribution in [0.1, 0.15) is 55.6 Å². The predicted octanol–water partition coefficient (Wildman–Crippen LogP) is 4.09. The average Bonchev–Trinajstić information content (AvgIpc) is 3.47. The lowest BCUT2D eigenvalue weighted by atomic mass is 9.89. The summed E-state index contributed by atoms with van der Waals surface area (Å²) in [6, 6.07) is 4.88. The molecule has 2 aromatic rings. The van der Waals surface area contributed by atoms with Gasteiger partial charge in [-0.05, 0) is 25.0 Å². The third-order valence-electron chi connectivity index (χ3n) is 6.42. The molecule has 2 N–H and O–H groups in total. The summed E-state index contributed by atoms with van der Waals surface area (Å²) in [5, 5.41) is 10.3. The number of H-pyrrole nitrogens is 1. The maximum Gasteiger partial charge on any atom is 0.321 e. The van der Waals surface area contributed by atoms with Gasteiger partial charge in [-0.15, -0.1) is 0 Å². The molecule has 1 saturated heterocycles. The lowest BCUT2D eigenvalue weighted by molar-refractivity contribution is 0.219. The van der Waals surface area contributed by atoms with E-state index in [0.29, 0.717) is 42.0 Å². The number of carbonyl (C=O) groups is 1. The fourth-order valence-corrected chi connectivity index (χ4v) is 4.61. The molecule has 168 valence electrons. The van der Waals surface area contributed by atoms with Gasteiger partial charge >= 0.3 is 6.03 Å². The summed E-state index contributed by atoms with van der Waals surface area (Å²) in [5.41, 5.74) is 0.506. The SMILES string of the molecule is COc1ccc(OC)c(NC(=O)N2C[C@@H](CF)[C@H](c3nc(C4CCCCC4)n[nH]3)C2)c1. The number of urea groups is 1. The van der Waals surface area contributed by atoms with Crippen molar-refractivity contribution in [1.82, 2.24) is 20.1 Å². The van der Waals surface area contributed by atoms with Crippen molar-refractivity contribution in [1.29, 1.82) is 0 Å². The van der Waals surface area contributed by atoms with Gasteiger partial charge in [-0.1, -0.05) is 19.3 Å². The standard InChI is InChI=1S/C22H30FN5O3/c1-30-16-8-9-19(31-2)18(10-16)24-22(29)28-12-15(11-23)17(13-28)21-25-20(26-27-21)14-6-4-3-5-7-14/h8-10,14-15,17H,3-7,11-13H2,1-2H3,(H,24,29)(H,25,26,27)/t15-,17-/m1/s1. The first kappa shape index (κ1) is 21.4. The highest BCUT2D eigenvalue weighted by Gasteiger charge is 2.38. The van der Waals surface area contributed by atoms with Gasteiger partial charge in [0.2, 0.25) is 0 Å². The van der Waals surface area contributed by atoms with Crippen LogP contribution in [-0.4, -0.2) is 60.1 Å². The van der Waals surface area contributed by atoms with Crippen molar-refractivity contribution in [3.8, 4) is 11.5 Å². The number of ether oxygens (including phenoxy) is 2. The minimum atomic E-state index is -0.517. The molecule has 2 amide bonds. The summed E-state index contributed by atoms with van der Waals surface area (Å²) in [6.45, 7) is 0.182. The number of hydrogen-bond donors (Lipinski definition) is 2. The van der Waals surface area contributed by atoms with Gasteiger partial charge < -0.3 is 19.7 Å². The van der Waals surface area contributed by atoms with Crippen molar-refractivity contribution in [3.63, 3.8) is 0 Å². The molecule has 2 heterocycles. The minimum Gasteiger partial charge on any atom is -0.497 e. The Hall–Kier alpha value is -2.84. The van der Waals surface area contributed by atoms with E-state index < -0.39 is 6.67 Å². The van der Waals surface area contributed by atoms with E-state index in [1.165, 1.54) is 26.4 Å². The predicted molar refractivity (Wildman–Crippen MR) is 115 cm³/mol. The second kappa shape index (κ2) is 9.53. The van der Waals surface area contributed by atoms with Crippen LogP contribution in [0.15, 0.2) is 18.2 Å². The molecular formula is C22H30FN5O3. The van der Waals surface area contributed by atoms with Gasteiger partial charge in [-0.3, -0.25) is 9.49 Å². The van der Waals surface area contributed by atoms with E-state index in [4.69, 9.17) is 14.5 Å². The Labute approximate surface area is 181 Å². The molecule has 2 fully saturated rings. The Kier molecular flexibility index (Phi) is 6.58. The van der Waals surface area contributed by atoms with E-state index in [-0.39, 0.29) is 17.9 Å². The third kappa shape index (κ3) is 4.60. The number of benzene rings is 1. The second-order valence-electron chi connectivity index (χ2n) is 8.34. The van der Waals surface area contributed by atoms with Crippen molar-refractivity contribution >= 4 is 11.7 Å². The van der Waals surface area contributed by atoms with E-state index in [1.54, 1.807) is 30.2 Å². The van der Waals surface area contributed by atoms with Crippen LogP contribution in [0.2, 0.25) is 0 Å². The molecular weight excluding hydrogens is 401 g/mol. The van der Waals surface area contributed by atoms with Gasteiger partial charge in [-0.2, -0.15) is 5.10 Å². The maximum atomic E-state index is 13.8. The maximum absolute atomic E-state index is 13.8. The number of aromatic amines is 1. The van der Waals surface area contributed by atoms with Crippen LogP contribution in [0.25, 0.3) is 0 Å². The number of nitrogens with zero attached hydrogens (tertiary/aromatic N) is 3. The first-order chi connectivity index (χ1) is 15.1. The highest BCUT2D eigenvalue weighted by Crippen LogP contribution is 2.35. The largest absolute Gasteiger partial charge is 0.497 e. The Morgan fingerprint density at radius 2 is 2.03 bits per heavy atom. The number of likely N-dealkylation sites (tertiary alicyclic amines) is 1. The summed E-state index contributed by atoms with van der Waals surface area (Å²) in [7, 11) is 3.10. The van der Waals surface area contributed by atoms with Gasteiger partial charge in [0.05, 0.1) is 26.6 Å². The number of amides is 2. The first-order valence-corrected chi connectivity index (χ1v) is 10.9. The zero-order valence-electron chi connectivity index (χ0n) is 18.1. The van der Waals surface area contributed by atoms with Crippen molar-refractivity contribution in [3.05, 3.63) is 29.8 Å². The molecule has 0 radical (unpaired) electrons. The number of carbonyl (C=O) groups excluding carboxylic acids is 1. The fraction of sp³-hybridized carbons (Fsp3) is 0.591. The molecule has 1 saturated carbocycles. The lowest BCUT2D eigenvalue weighted by Gasteiger charge is -2.19. The minimum absolute atomic E-state index is 0.201. The number of halogens is 1. The monoisotopic (exact) mass is 431 g/mol. The number of methoxy groups -OCH3 is 2. The number of hydrogen-bond acceptors (Lipinski definition) is 5. The summed E-state index contributed by atoms with van der Waals surface area (Å²) < 4.78 is 24.4. The fourth-order valence-electron chi connectivity index (χ4n) is 4.61. The van der Waals surface area contributed by atoms with E-state index in [0.717, 1.165) is 18.7 Å². The molecule has 2 aliphatic rings. The highest BCUT2D eigenvalue weighted by molar-refractivity contribution is 5.91. The zero-order chi connectivity index (χ0) is 21.8. The molecule has 31 heavy (non-hydrogen) atoms. The van der Waals surface area contributed by atoms with Crippen molar-refractivity contribution < 1.29 is 18.7 Å². The average molecular weight is 432 g/mol. The Bertz CT molecular complexity index is 899. The molecule has 1 aromatic carbocycles. The smallest absolute Gasteiger partial charge is 0.321 e. The van der Waals surface area contributed by atoms with Crippen LogP contribution in [-0.2, 0) is 0 Å². The topological polar surface area (TPSA) is 92.4 Å². The third-order valence-corrected chi connectivity index (χ3v) is 6.42. The number of rotatable bonds is 6. The Morgan fingerprint density at radius 1 is 1.23 bits per heavy atom. The molecule has 1 aromatic heterocycles. The Balaban J connectivity index is 1.46. The molecule has 9 heteroatoms. The quantitative estimate of drug-likeness (QED) is 0.719. The number of alkyl halides is 1. The van der Waals surface area contributed by atoms with Gasteiger partial charge in [0.25, 0.3) is 0 Å².